The molecular formula is C16H16O2S. The second-order valence-corrected chi connectivity index (χ2v) is 6.20. The molecule has 0 bridgehead atoms. The maximum Gasteiger partial charge on any atom is 0.180 e. The zero-order valence-corrected chi connectivity index (χ0v) is 11.9. The molecule has 1 aromatic heterocycles. The highest BCUT2D eigenvalue weighted by Crippen LogP contribution is 2.37. The molecule has 0 saturated heterocycles. The maximum atomic E-state index is 12.7. The molecule has 0 fully saturated rings. The van der Waals surface area contributed by atoms with E-state index in [4.69, 9.17) is 4.74 Å². The van der Waals surface area contributed by atoms with Gasteiger partial charge in [-0.3, -0.25) is 4.79 Å². The van der Waals surface area contributed by atoms with E-state index in [1.807, 2.05) is 30.3 Å². The first-order valence-electron chi connectivity index (χ1n) is 6.50. The van der Waals surface area contributed by atoms with Gasteiger partial charge in [0, 0.05) is 10.4 Å². The standard InChI is InChI=1S/C16H16O2S/c1-10-9-15(19-11(10)2)16(17)13-7-8-18-14-6-4-3-5-12(13)14/h3-6,9,13H,7-8H2,1-2H3. The van der Waals surface area contributed by atoms with Crippen LogP contribution < -0.4 is 4.74 Å². The quantitative estimate of drug-likeness (QED) is 0.769. The van der Waals surface area contributed by atoms with Gasteiger partial charge in [0.1, 0.15) is 5.75 Å². The Morgan fingerprint density at radius 3 is 2.84 bits per heavy atom. The van der Waals surface area contributed by atoms with E-state index in [2.05, 4.69) is 13.8 Å². The predicted molar refractivity (Wildman–Crippen MR) is 77.4 cm³/mol. The zero-order chi connectivity index (χ0) is 13.4. The lowest BCUT2D eigenvalue weighted by Crippen LogP contribution is -2.20. The lowest BCUT2D eigenvalue weighted by Gasteiger charge is -2.24. The van der Waals surface area contributed by atoms with E-state index in [0.29, 0.717) is 6.61 Å². The molecule has 0 saturated carbocycles. The number of thiophene rings is 1. The third-order valence-electron chi connectivity index (χ3n) is 3.68. The third kappa shape index (κ3) is 2.19. The van der Waals surface area contributed by atoms with Crippen LogP contribution in [0.25, 0.3) is 0 Å². The summed E-state index contributed by atoms with van der Waals surface area (Å²) in [6, 6.07) is 9.88. The smallest absolute Gasteiger partial charge is 0.180 e. The largest absolute Gasteiger partial charge is 0.493 e. The fraction of sp³-hybridized carbons (Fsp3) is 0.312. The molecule has 1 unspecified atom stereocenters. The lowest BCUT2D eigenvalue weighted by atomic mass is 9.88. The van der Waals surface area contributed by atoms with Crippen LogP contribution in [-0.2, 0) is 0 Å². The molecule has 3 heteroatoms. The average molecular weight is 272 g/mol. The molecule has 2 heterocycles. The van der Waals surface area contributed by atoms with E-state index in [1.165, 1.54) is 10.4 Å². The number of rotatable bonds is 2. The molecule has 3 rings (SSSR count). The topological polar surface area (TPSA) is 26.3 Å². The van der Waals surface area contributed by atoms with Gasteiger partial charge in [0.25, 0.3) is 0 Å². The van der Waals surface area contributed by atoms with Gasteiger partial charge >= 0.3 is 0 Å². The minimum atomic E-state index is -0.0533. The molecule has 19 heavy (non-hydrogen) atoms. The van der Waals surface area contributed by atoms with Crippen LogP contribution in [0.4, 0.5) is 0 Å². The van der Waals surface area contributed by atoms with Crippen molar-refractivity contribution in [2.45, 2.75) is 26.2 Å². The molecular weight excluding hydrogens is 256 g/mol. The van der Waals surface area contributed by atoms with Crippen molar-refractivity contribution in [3.63, 3.8) is 0 Å². The number of hydrogen-bond donors (Lipinski definition) is 0. The number of para-hydroxylation sites is 1. The van der Waals surface area contributed by atoms with Crippen molar-refractivity contribution < 1.29 is 9.53 Å². The number of ketones is 1. The summed E-state index contributed by atoms with van der Waals surface area (Å²) in [7, 11) is 0. The average Bonchev–Trinajstić information content (AvgIpc) is 2.77. The molecule has 1 atom stereocenters. The summed E-state index contributed by atoms with van der Waals surface area (Å²) < 4.78 is 5.62. The zero-order valence-electron chi connectivity index (χ0n) is 11.1. The van der Waals surface area contributed by atoms with Crippen LogP contribution in [0.1, 0.15) is 38.0 Å². The Labute approximate surface area is 117 Å². The molecule has 2 nitrogen and oxygen atoms in total. The molecule has 1 aromatic carbocycles. The summed E-state index contributed by atoms with van der Waals surface area (Å²) in [5.41, 5.74) is 2.23. The first-order valence-corrected chi connectivity index (χ1v) is 7.31. The van der Waals surface area contributed by atoms with Gasteiger partial charge in [-0.25, -0.2) is 0 Å². The number of benzene rings is 1. The third-order valence-corrected chi connectivity index (χ3v) is 4.85. The normalized spacial score (nSPS) is 17.7. The summed E-state index contributed by atoms with van der Waals surface area (Å²) in [5, 5.41) is 0. The number of aryl methyl sites for hydroxylation is 2. The van der Waals surface area contributed by atoms with Crippen LogP contribution in [0, 0.1) is 13.8 Å². The maximum absolute atomic E-state index is 12.7. The monoisotopic (exact) mass is 272 g/mol. The SMILES string of the molecule is Cc1cc(C(=O)C2CCOc3ccccc32)sc1C. The van der Waals surface area contributed by atoms with Crippen molar-refractivity contribution in [3.8, 4) is 5.75 Å². The molecule has 2 aromatic rings. The minimum absolute atomic E-state index is 0.0533. The highest BCUT2D eigenvalue weighted by Gasteiger charge is 2.29. The molecule has 0 aliphatic carbocycles. The van der Waals surface area contributed by atoms with Gasteiger partial charge in [-0.05, 0) is 38.0 Å². The Kier molecular flexibility index (Phi) is 3.15. The molecule has 0 spiro atoms. The highest BCUT2D eigenvalue weighted by atomic mass is 32.1. The van der Waals surface area contributed by atoms with Crippen molar-refractivity contribution in [2.24, 2.45) is 0 Å². The Morgan fingerprint density at radius 1 is 1.32 bits per heavy atom. The second kappa shape index (κ2) is 4.82. The van der Waals surface area contributed by atoms with E-state index in [1.54, 1.807) is 11.3 Å². The summed E-state index contributed by atoms with van der Waals surface area (Å²) in [6.07, 6.45) is 0.770. The minimum Gasteiger partial charge on any atom is -0.493 e. The second-order valence-electron chi connectivity index (χ2n) is 4.94. The molecule has 1 aliphatic heterocycles. The fourth-order valence-corrected chi connectivity index (χ4v) is 3.51. The van der Waals surface area contributed by atoms with E-state index in [-0.39, 0.29) is 11.7 Å². The summed E-state index contributed by atoms with van der Waals surface area (Å²) in [4.78, 5) is 14.8. The molecule has 1 aliphatic rings. The van der Waals surface area contributed by atoms with Crippen LogP contribution in [0.3, 0.4) is 0 Å². The number of carbonyl (C=O) groups is 1. The molecule has 0 amide bonds. The molecule has 0 radical (unpaired) electrons. The van der Waals surface area contributed by atoms with E-state index < -0.39 is 0 Å². The van der Waals surface area contributed by atoms with Crippen LogP contribution in [0.5, 0.6) is 5.75 Å². The van der Waals surface area contributed by atoms with Crippen LogP contribution >= 0.6 is 11.3 Å². The molecule has 0 N–H and O–H groups in total. The van der Waals surface area contributed by atoms with Crippen LogP contribution in [0.2, 0.25) is 0 Å². The van der Waals surface area contributed by atoms with E-state index >= 15 is 0 Å². The van der Waals surface area contributed by atoms with E-state index in [9.17, 15) is 4.79 Å². The number of carbonyl (C=O) groups excluding carboxylic acids is 1. The van der Waals surface area contributed by atoms with Crippen molar-refractivity contribution in [3.05, 3.63) is 51.2 Å². The van der Waals surface area contributed by atoms with Crippen LogP contribution in [0.15, 0.2) is 30.3 Å². The van der Waals surface area contributed by atoms with Gasteiger partial charge in [0.15, 0.2) is 5.78 Å². The van der Waals surface area contributed by atoms with Gasteiger partial charge < -0.3 is 4.74 Å². The van der Waals surface area contributed by atoms with Crippen molar-refractivity contribution in [1.82, 2.24) is 0 Å². The highest BCUT2D eigenvalue weighted by molar-refractivity contribution is 7.14. The van der Waals surface area contributed by atoms with Gasteiger partial charge in [0.05, 0.1) is 17.4 Å². The van der Waals surface area contributed by atoms with Gasteiger partial charge in [-0.2, -0.15) is 0 Å². The van der Waals surface area contributed by atoms with Crippen molar-refractivity contribution in [2.75, 3.05) is 6.61 Å². The first-order chi connectivity index (χ1) is 9.16. The fourth-order valence-electron chi connectivity index (χ4n) is 2.48. The van der Waals surface area contributed by atoms with Gasteiger partial charge in [0.2, 0.25) is 0 Å². The number of ether oxygens (including phenoxy) is 1. The Hall–Kier alpha value is -1.61. The predicted octanol–water partition coefficient (Wildman–Crippen LogP) is 4.11. The van der Waals surface area contributed by atoms with Crippen molar-refractivity contribution >= 4 is 17.1 Å². The Balaban J connectivity index is 1.97. The Morgan fingerprint density at radius 2 is 2.11 bits per heavy atom. The first kappa shape index (κ1) is 12.4. The van der Waals surface area contributed by atoms with Gasteiger partial charge in [-0.1, -0.05) is 18.2 Å². The number of hydrogen-bond acceptors (Lipinski definition) is 3. The van der Waals surface area contributed by atoms with E-state index in [0.717, 1.165) is 22.6 Å². The molecule has 98 valence electrons. The number of Topliss-reactive ketones (excluding diaryl/α,β-unsaturated/α-hetero) is 1. The summed E-state index contributed by atoms with van der Waals surface area (Å²) in [5.74, 6) is 1.04. The van der Waals surface area contributed by atoms with Crippen molar-refractivity contribution in [1.29, 1.82) is 0 Å². The number of fused-ring (bicyclic) bond motifs is 1. The van der Waals surface area contributed by atoms with Crippen LogP contribution in [-0.4, -0.2) is 12.4 Å². The summed E-state index contributed by atoms with van der Waals surface area (Å²) >= 11 is 1.60. The Bertz CT molecular complexity index is 608. The van der Waals surface area contributed by atoms with Gasteiger partial charge in [-0.15, -0.1) is 11.3 Å². The summed E-state index contributed by atoms with van der Waals surface area (Å²) in [6.45, 7) is 4.74. The lowest BCUT2D eigenvalue weighted by molar-refractivity contribution is 0.0937.